The summed E-state index contributed by atoms with van der Waals surface area (Å²) in [6.45, 7) is 6.83. The van der Waals surface area contributed by atoms with E-state index in [9.17, 15) is 4.79 Å². The second kappa shape index (κ2) is 5.41. The highest BCUT2D eigenvalue weighted by molar-refractivity contribution is 5.79. The van der Waals surface area contributed by atoms with E-state index < -0.39 is 0 Å². The zero-order chi connectivity index (χ0) is 12.4. The number of hydrogen-bond acceptors (Lipinski definition) is 1. The Balaban J connectivity index is 2.21. The number of nitrogens with zero attached hydrogens (tertiary/aromatic N) is 1. The summed E-state index contributed by atoms with van der Waals surface area (Å²) in [6, 6.07) is 1.12. The van der Waals surface area contributed by atoms with Crippen LogP contribution < -0.4 is 0 Å². The molecule has 4 atom stereocenters. The molecule has 2 heteroatoms. The minimum absolute atomic E-state index is 0.435. The molecule has 98 valence electrons. The Morgan fingerprint density at radius 2 is 1.88 bits per heavy atom. The van der Waals surface area contributed by atoms with Crippen molar-refractivity contribution in [3.05, 3.63) is 0 Å². The van der Waals surface area contributed by atoms with Gasteiger partial charge in [0.15, 0.2) is 0 Å². The molecule has 0 aromatic rings. The van der Waals surface area contributed by atoms with Crippen molar-refractivity contribution < 1.29 is 4.79 Å². The first-order chi connectivity index (χ1) is 8.22. The predicted octanol–water partition coefficient (Wildman–Crippen LogP) is 3.60. The molecule has 0 aromatic heterocycles. The third-order valence-electron chi connectivity index (χ3n) is 4.98. The van der Waals surface area contributed by atoms with E-state index in [0.29, 0.717) is 18.0 Å². The van der Waals surface area contributed by atoms with Gasteiger partial charge in [-0.25, -0.2) is 0 Å². The first kappa shape index (κ1) is 12.9. The molecule has 0 N–H and O–H groups in total. The summed E-state index contributed by atoms with van der Waals surface area (Å²) >= 11 is 0. The SMILES string of the molecule is CCC[C@@H]1[C@@H](CC)C[C@H](CC)[C@@H]2CCC(=O)N12. The van der Waals surface area contributed by atoms with Crippen molar-refractivity contribution in [1.29, 1.82) is 0 Å². The number of amides is 1. The second-order valence-corrected chi connectivity index (χ2v) is 5.84. The number of carbonyl (C=O) groups excluding carboxylic acids is 1. The van der Waals surface area contributed by atoms with Gasteiger partial charge in [-0.1, -0.05) is 40.0 Å². The highest BCUT2D eigenvalue weighted by Gasteiger charge is 2.46. The summed E-state index contributed by atoms with van der Waals surface area (Å²) in [5, 5.41) is 0. The van der Waals surface area contributed by atoms with Crippen LogP contribution in [0.5, 0.6) is 0 Å². The quantitative estimate of drug-likeness (QED) is 0.731. The molecular formula is C15H27NO. The maximum absolute atomic E-state index is 12.1. The molecule has 2 aliphatic rings. The Kier molecular flexibility index (Phi) is 4.11. The second-order valence-electron chi connectivity index (χ2n) is 5.84. The number of fused-ring (bicyclic) bond motifs is 1. The lowest BCUT2D eigenvalue weighted by Gasteiger charge is -2.47. The largest absolute Gasteiger partial charge is 0.336 e. The van der Waals surface area contributed by atoms with Crippen molar-refractivity contribution >= 4 is 5.91 Å². The van der Waals surface area contributed by atoms with E-state index >= 15 is 0 Å². The van der Waals surface area contributed by atoms with Gasteiger partial charge in [-0.3, -0.25) is 4.79 Å². The summed E-state index contributed by atoms with van der Waals surface area (Å²) in [7, 11) is 0. The van der Waals surface area contributed by atoms with Crippen LogP contribution in [0.1, 0.15) is 65.7 Å². The molecule has 2 nitrogen and oxygen atoms in total. The molecule has 17 heavy (non-hydrogen) atoms. The van der Waals surface area contributed by atoms with Crippen LogP contribution >= 0.6 is 0 Å². The standard InChI is InChI=1S/C15H27NO/c1-4-7-13-11(5-2)10-12(6-3)14-8-9-15(17)16(13)14/h11-14H,4-10H2,1-3H3/t11-,12-,13+,14-/m0/s1. The third kappa shape index (κ3) is 2.23. The van der Waals surface area contributed by atoms with Crippen LogP contribution in [-0.2, 0) is 4.79 Å². The summed E-state index contributed by atoms with van der Waals surface area (Å²) in [4.78, 5) is 14.4. The van der Waals surface area contributed by atoms with Crippen molar-refractivity contribution in [1.82, 2.24) is 4.90 Å². The van der Waals surface area contributed by atoms with Crippen LogP contribution in [0.15, 0.2) is 0 Å². The average Bonchev–Trinajstić information content (AvgIpc) is 2.72. The third-order valence-corrected chi connectivity index (χ3v) is 4.98. The van der Waals surface area contributed by atoms with Crippen LogP contribution in [-0.4, -0.2) is 22.9 Å². The summed E-state index contributed by atoms with van der Waals surface area (Å²) in [6.07, 6.45) is 8.16. The van der Waals surface area contributed by atoms with Gasteiger partial charge in [0.05, 0.1) is 0 Å². The van der Waals surface area contributed by atoms with Crippen molar-refractivity contribution in [3.8, 4) is 0 Å². The minimum Gasteiger partial charge on any atom is -0.336 e. The average molecular weight is 237 g/mol. The summed E-state index contributed by atoms with van der Waals surface area (Å²) in [5.41, 5.74) is 0. The minimum atomic E-state index is 0.435. The van der Waals surface area contributed by atoms with Gasteiger partial charge in [0.25, 0.3) is 0 Å². The Morgan fingerprint density at radius 3 is 2.47 bits per heavy atom. The lowest BCUT2D eigenvalue weighted by Crippen LogP contribution is -2.53. The molecule has 2 fully saturated rings. The first-order valence-electron chi connectivity index (χ1n) is 7.54. The van der Waals surface area contributed by atoms with Gasteiger partial charge in [0.1, 0.15) is 0 Å². The normalized spacial score (nSPS) is 37.4. The van der Waals surface area contributed by atoms with Crippen LogP contribution in [0.25, 0.3) is 0 Å². The van der Waals surface area contributed by atoms with Crippen LogP contribution in [0.4, 0.5) is 0 Å². The van der Waals surface area contributed by atoms with E-state index in [1.807, 2.05) is 0 Å². The molecule has 0 aromatic carbocycles. The maximum atomic E-state index is 12.1. The summed E-state index contributed by atoms with van der Waals surface area (Å²) < 4.78 is 0. The smallest absolute Gasteiger partial charge is 0.223 e. The molecule has 0 spiro atoms. The molecule has 0 aliphatic carbocycles. The molecule has 2 aliphatic heterocycles. The van der Waals surface area contributed by atoms with Crippen molar-refractivity contribution in [3.63, 3.8) is 0 Å². The van der Waals surface area contributed by atoms with E-state index in [0.717, 1.165) is 24.7 Å². The molecule has 2 heterocycles. The number of piperidine rings is 1. The van der Waals surface area contributed by atoms with Gasteiger partial charge in [-0.05, 0) is 31.1 Å². The summed E-state index contributed by atoms with van der Waals surface area (Å²) in [5.74, 6) is 1.95. The topological polar surface area (TPSA) is 20.3 Å². The number of rotatable bonds is 4. The van der Waals surface area contributed by atoms with Gasteiger partial charge in [-0.15, -0.1) is 0 Å². The Bertz CT molecular complexity index is 276. The molecule has 2 saturated heterocycles. The highest BCUT2D eigenvalue weighted by Crippen LogP contribution is 2.42. The van der Waals surface area contributed by atoms with Crippen LogP contribution in [0.3, 0.4) is 0 Å². The van der Waals surface area contributed by atoms with Crippen LogP contribution in [0, 0.1) is 11.8 Å². The molecule has 0 saturated carbocycles. The zero-order valence-corrected chi connectivity index (χ0v) is 11.6. The molecule has 0 unspecified atom stereocenters. The fourth-order valence-corrected chi connectivity index (χ4v) is 4.10. The monoisotopic (exact) mass is 237 g/mol. The van der Waals surface area contributed by atoms with Gasteiger partial charge >= 0.3 is 0 Å². The number of hydrogen-bond donors (Lipinski definition) is 0. The zero-order valence-electron chi connectivity index (χ0n) is 11.6. The van der Waals surface area contributed by atoms with Gasteiger partial charge in [0, 0.05) is 18.5 Å². The van der Waals surface area contributed by atoms with E-state index in [2.05, 4.69) is 25.7 Å². The van der Waals surface area contributed by atoms with E-state index in [4.69, 9.17) is 0 Å². The highest BCUT2D eigenvalue weighted by atomic mass is 16.2. The predicted molar refractivity (Wildman–Crippen MR) is 70.7 cm³/mol. The van der Waals surface area contributed by atoms with Crippen molar-refractivity contribution in [2.75, 3.05) is 0 Å². The van der Waals surface area contributed by atoms with Crippen molar-refractivity contribution in [2.45, 2.75) is 77.8 Å². The molecule has 2 rings (SSSR count). The molecular weight excluding hydrogens is 210 g/mol. The van der Waals surface area contributed by atoms with E-state index in [1.165, 1.54) is 32.1 Å². The van der Waals surface area contributed by atoms with E-state index in [-0.39, 0.29) is 0 Å². The van der Waals surface area contributed by atoms with Gasteiger partial charge < -0.3 is 4.90 Å². The van der Waals surface area contributed by atoms with Gasteiger partial charge in [-0.2, -0.15) is 0 Å². The number of carbonyl (C=O) groups is 1. The molecule has 0 radical (unpaired) electrons. The molecule has 1 amide bonds. The fourth-order valence-electron chi connectivity index (χ4n) is 4.10. The fraction of sp³-hybridized carbons (Fsp3) is 0.933. The van der Waals surface area contributed by atoms with E-state index in [1.54, 1.807) is 0 Å². The Labute approximate surface area is 106 Å². The van der Waals surface area contributed by atoms with Crippen molar-refractivity contribution in [2.24, 2.45) is 11.8 Å². The van der Waals surface area contributed by atoms with Gasteiger partial charge in [0.2, 0.25) is 5.91 Å². The van der Waals surface area contributed by atoms with Crippen LogP contribution in [0.2, 0.25) is 0 Å². The lowest BCUT2D eigenvalue weighted by molar-refractivity contribution is -0.136. The Hall–Kier alpha value is -0.530. The Morgan fingerprint density at radius 1 is 1.18 bits per heavy atom. The lowest BCUT2D eigenvalue weighted by atomic mass is 9.75. The molecule has 0 bridgehead atoms. The maximum Gasteiger partial charge on any atom is 0.223 e. The first-order valence-corrected chi connectivity index (χ1v) is 7.54.